The van der Waals surface area contributed by atoms with Crippen LogP contribution in [0.2, 0.25) is 0 Å². The molecule has 0 radical (unpaired) electrons. The van der Waals surface area contributed by atoms with Gasteiger partial charge in [0.25, 0.3) is 0 Å². The first kappa shape index (κ1) is 15.3. The van der Waals surface area contributed by atoms with Gasteiger partial charge in [0.2, 0.25) is 0 Å². The van der Waals surface area contributed by atoms with Crippen LogP contribution >= 0.6 is 8.60 Å². The Bertz CT molecular complexity index is 312. The maximum Gasteiger partial charge on any atom is 0.397 e. The average Bonchev–Trinajstić information content (AvgIpc) is 2.44. The van der Waals surface area contributed by atoms with Gasteiger partial charge in [0, 0.05) is 0 Å². The number of hydrogen-bond acceptors (Lipinski definition) is 5. The fourth-order valence-corrected chi connectivity index (χ4v) is 2.40. The zero-order valence-electron chi connectivity index (χ0n) is 10.4. The summed E-state index contributed by atoms with van der Waals surface area (Å²) in [5.41, 5.74) is -0.733. The Hall–Kier alpha value is -0.710. The Balaban J connectivity index is 2.50. The number of aliphatic hydroxyl groups excluding tert-OH is 2. The normalized spacial score (nSPS) is 21.2. The van der Waals surface area contributed by atoms with Gasteiger partial charge in [0.05, 0.1) is 31.8 Å². The summed E-state index contributed by atoms with van der Waals surface area (Å²) in [4.78, 5) is 0. The van der Waals surface area contributed by atoms with Crippen molar-refractivity contribution in [3.63, 3.8) is 0 Å². The average molecular weight is 274 g/mol. The molecule has 102 valence electrons. The highest BCUT2D eigenvalue weighted by molar-refractivity contribution is 7.41. The summed E-state index contributed by atoms with van der Waals surface area (Å²) < 4.78 is 16.2. The van der Waals surface area contributed by atoms with Crippen LogP contribution in [-0.2, 0) is 13.6 Å². The standard InChI is InChI=1S/C12H19O5P/c1-3-5-6-11(4-2)17-18-15-9-12(7-13,8-14)10-16-18/h3-6,13-14H,2,7-10H2,1H3/b5-3-,11-6+. The molecule has 1 saturated heterocycles. The van der Waals surface area contributed by atoms with E-state index in [1.807, 2.05) is 19.1 Å². The Morgan fingerprint density at radius 2 is 2.00 bits per heavy atom. The molecule has 0 atom stereocenters. The van der Waals surface area contributed by atoms with E-state index in [4.69, 9.17) is 13.6 Å². The molecule has 1 rings (SSSR count). The summed E-state index contributed by atoms with van der Waals surface area (Å²) in [5, 5.41) is 18.4. The third kappa shape index (κ3) is 4.19. The lowest BCUT2D eigenvalue weighted by Crippen LogP contribution is -2.41. The van der Waals surface area contributed by atoms with E-state index in [2.05, 4.69) is 6.58 Å². The van der Waals surface area contributed by atoms with Gasteiger partial charge < -0.3 is 23.8 Å². The molecule has 1 aliphatic rings. The molecule has 1 heterocycles. The lowest BCUT2D eigenvalue weighted by Gasteiger charge is -2.35. The van der Waals surface area contributed by atoms with E-state index in [-0.39, 0.29) is 26.4 Å². The Kier molecular flexibility index (Phi) is 6.54. The zero-order chi connectivity index (χ0) is 13.4. The minimum atomic E-state index is -1.50. The highest BCUT2D eigenvalue weighted by atomic mass is 31.2. The van der Waals surface area contributed by atoms with Crippen LogP contribution in [0.4, 0.5) is 0 Å². The second kappa shape index (κ2) is 7.67. The van der Waals surface area contributed by atoms with Gasteiger partial charge in [-0.25, -0.2) is 0 Å². The molecule has 0 aromatic carbocycles. The largest absolute Gasteiger partial charge is 0.427 e. The number of aliphatic hydroxyl groups is 2. The molecule has 1 aliphatic heterocycles. The van der Waals surface area contributed by atoms with Gasteiger partial charge in [-0.1, -0.05) is 18.7 Å². The van der Waals surface area contributed by atoms with Crippen molar-refractivity contribution < 1.29 is 23.8 Å². The van der Waals surface area contributed by atoms with Crippen molar-refractivity contribution in [3.05, 3.63) is 36.6 Å². The summed E-state index contributed by atoms with van der Waals surface area (Å²) in [6.45, 7) is 5.57. The van der Waals surface area contributed by atoms with Gasteiger partial charge in [-0.15, -0.1) is 0 Å². The van der Waals surface area contributed by atoms with Crippen molar-refractivity contribution in [1.29, 1.82) is 0 Å². The molecule has 0 amide bonds. The van der Waals surface area contributed by atoms with Crippen molar-refractivity contribution in [3.8, 4) is 0 Å². The van der Waals surface area contributed by atoms with Gasteiger partial charge in [-0.2, -0.15) is 0 Å². The topological polar surface area (TPSA) is 68.2 Å². The van der Waals surface area contributed by atoms with E-state index in [0.29, 0.717) is 5.76 Å². The third-order valence-electron chi connectivity index (χ3n) is 2.46. The van der Waals surface area contributed by atoms with Crippen LogP contribution < -0.4 is 0 Å². The van der Waals surface area contributed by atoms with Crippen molar-refractivity contribution in [1.82, 2.24) is 0 Å². The van der Waals surface area contributed by atoms with Crippen LogP contribution in [0.15, 0.2) is 36.6 Å². The van der Waals surface area contributed by atoms with Crippen LogP contribution in [0.25, 0.3) is 0 Å². The maximum absolute atomic E-state index is 9.18. The molecule has 5 nitrogen and oxygen atoms in total. The minimum Gasteiger partial charge on any atom is -0.427 e. The van der Waals surface area contributed by atoms with Crippen molar-refractivity contribution in [2.75, 3.05) is 26.4 Å². The van der Waals surface area contributed by atoms with Crippen LogP contribution in [0.3, 0.4) is 0 Å². The predicted molar refractivity (Wildman–Crippen MR) is 69.6 cm³/mol. The van der Waals surface area contributed by atoms with E-state index in [1.165, 1.54) is 0 Å². The van der Waals surface area contributed by atoms with Gasteiger partial charge >= 0.3 is 8.60 Å². The fourth-order valence-electron chi connectivity index (χ4n) is 1.16. The summed E-state index contributed by atoms with van der Waals surface area (Å²) in [6, 6.07) is 0. The molecule has 6 heteroatoms. The first-order chi connectivity index (χ1) is 8.69. The first-order valence-electron chi connectivity index (χ1n) is 5.61. The van der Waals surface area contributed by atoms with Crippen molar-refractivity contribution in [2.45, 2.75) is 6.92 Å². The van der Waals surface area contributed by atoms with Crippen LogP contribution in [-0.4, -0.2) is 36.6 Å². The third-order valence-corrected chi connectivity index (χ3v) is 3.50. The number of allylic oxidation sites excluding steroid dienone is 4. The second-order valence-corrected chi connectivity index (χ2v) is 5.12. The molecule has 0 aromatic rings. The quantitative estimate of drug-likeness (QED) is 0.440. The molecule has 2 N–H and O–H groups in total. The highest BCUT2D eigenvalue weighted by Gasteiger charge is 2.38. The van der Waals surface area contributed by atoms with Gasteiger partial charge in [0.1, 0.15) is 5.76 Å². The monoisotopic (exact) mass is 274 g/mol. The summed E-state index contributed by atoms with van der Waals surface area (Å²) >= 11 is 0. The van der Waals surface area contributed by atoms with Crippen LogP contribution in [0.5, 0.6) is 0 Å². The van der Waals surface area contributed by atoms with Gasteiger partial charge in [-0.3, -0.25) is 0 Å². The molecular formula is C12H19O5P. The molecule has 0 saturated carbocycles. The predicted octanol–water partition coefficient (Wildman–Crippen LogP) is 1.89. The highest BCUT2D eigenvalue weighted by Crippen LogP contribution is 2.48. The lowest BCUT2D eigenvalue weighted by molar-refractivity contribution is -0.0542. The maximum atomic E-state index is 9.18. The zero-order valence-corrected chi connectivity index (χ0v) is 11.3. The van der Waals surface area contributed by atoms with Gasteiger partial charge in [0.15, 0.2) is 0 Å². The molecule has 18 heavy (non-hydrogen) atoms. The van der Waals surface area contributed by atoms with Crippen LogP contribution in [0.1, 0.15) is 6.92 Å². The van der Waals surface area contributed by atoms with E-state index < -0.39 is 14.0 Å². The lowest BCUT2D eigenvalue weighted by atomic mass is 9.93. The number of hydrogen-bond donors (Lipinski definition) is 2. The van der Waals surface area contributed by atoms with Crippen molar-refractivity contribution in [2.24, 2.45) is 5.41 Å². The summed E-state index contributed by atoms with van der Waals surface area (Å²) in [5.74, 6) is 0.555. The van der Waals surface area contributed by atoms with E-state index >= 15 is 0 Å². The van der Waals surface area contributed by atoms with Gasteiger partial charge in [-0.05, 0) is 19.1 Å². The van der Waals surface area contributed by atoms with E-state index in [9.17, 15) is 10.2 Å². The van der Waals surface area contributed by atoms with Crippen molar-refractivity contribution >= 4 is 8.60 Å². The molecular weight excluding hydrogens is 255 g/mol. The molecule has 1 fully saturated rings. The fraction of sp³-hybridized carbons (Fsp3) is 0.500. The smallest absolute Gasteiger partial charge is 0.397 e. The molecule has 0 aliphatic carbocycles. The first-order valence-corrected chi connectivity index (χ1v) is 6.70. The summed E-state index contributed by atoms with van der Waals surface area (Å²) in [7, 11) is -1.50. The summed E-state index contributed by atoms with van der Waals surface area (Å²) in [6.07, 6.45) is 7.00. The molecule has 0 bridgehead atoms. The Morgan fingerprint density at radius 3 is 2.44 bits per heavy atom. The second-order valence-electron chi connectivity index (χ2n) is 3.98. The number of rotatable bonds is 6. The SMILES string of the molecule is C=C/C(=C\C=C/C)OP1OCC(CO)(CO)CO1. The Labute approximate surface area is 108 Å². The molecule has 0 aromatic heterocycles. The minimum absolute atomic E-state index is 0.185. The Morgan fingerprint density at radius 1 is 1.39 bits per heavy atom. The van der Waals surface area contributed by atoms with E-state index in [0.717, 1.165) is 0 Å². The molecule has 0 unspecified atom stereocenters. The molecule has 0 spiro atoms. The van der Waals surface area contributed by atoms with E-state index in [1.54, 1.807) is 12.2 Å². The van der Waals surface area contributed by atoms with Crippen LogP contribution in [0, 0.1) is 5.41 Å².